The van der Waals surface area contributed by atoms with Crippen LogP contribution in [0.1, 0.15) is 46.5 Å². The van der Waals surface area contributed by atoms with Crippen molar-refractivity contribution in [2.45, 2.75) is 46.5 Å². The van der Waals surface area contributed by atoms with Crippen LogP contribution < -0.4 is 4.90 Å². The number of fused-ring (bicyclic) bond motifs is 1. The standard InChI is InChI=1S/C24H30N4/c1-18(15-24(2,3)4)28-21-11-7-6-10-19(21)14-22(28)20-16-25-23(26-17-20)27-12-8-5-9-13-27/h6-7,10-11,14,16-17H,1,5,8-9,12-13,15H2,2-4H3. The molecule has 0 spiro atoms. The number of hydrogen-bond acceptors (Lipinski definition) is 3. The van der Waals surface area contributed by atoms with E-state index in [9.17, 15) is 0 Å². The number of benzene rings is 1. The molecule has 4 nitrogen and oxygen atoms in total. The van der Waals surface area contributed by atoms with Crippen molar-refractivity contribution in [3.05, 3.63) is 49.3 Å². The zero-order chi connectivity index (χ0) is 19.7. The Labute approximate surface area is 167 Å². The summed E-state index contributed by atoms with van der Waals surface area (Å²) in [6, 6.07) is 10.7. The van der Waals surface area contributed by atoms with Crippen molar-refractivity contribution in [3.8, 4) is 11.3 Å². The molecule has 0 unspecified atom stereocenters. The first-order valence-corrected chi connectivity index (χ1v) is 10.3. The molecule has 146 valence electrons. The molecule has 3 aromatic rings. The fraction of sp³-hybridized carbons (Fsp3) is 0.417. The van der Waals surface area contributed by atoms with Gasteiger partial charge in [-0.05, 0) is 43.2 Å². The maximum atomic E-state index is 4.70. The monoisotopic (exact) mass is 374 g/mol. The Morgan fingerprint density at radius 1 is 1.04 bits per heavy atom. The predicted molar refractivity (Wildman–Crippen MR) is 118 cm³/mol. The third-order valence-corrected chi connectivity index (χ3v) is 5.33. The third-order valence-electron chi connectivity index (χ3n) is 5.33. The Kier molecular flexibility index (Phi) is 4.96. The Balaban J connectivity index is 1.73. The summed E-state index contributed by atoms with van der Waals surface area (Å²) in [5.41, 5.74) is 4.61. The number of rotatable bonds is 4. The molecular formula is C24H30N4. The molecule has 1 aliphatic rings. The summed E-state index contributed by atoms with van der Waals surface area (Å²) in [6.45, 7) is 13.3. The van der Waals surface area contributed by atoms with Gasteiger partial charge in [-0.3, -0.25) is 0 Å². The van der Waals surface area contributed by atoms with Crippen LogP contribution in [0.25, 0.3) is 27.9 Å². The molecule has 0 N–H and O–H groups in total. The van der Waals surface area contributed by atoms with Crippen molar-refractivity contribution in [1.82, 2.24) is 14.5 Å². The van der Waals surface area contributed by atoms with E-state index < -0.39 is 0 Å². The lowest BCUT2D eigenvalue weighted by Gasteiger charge is -2.26. The van der Waals surface area contributed by atoms with E-state index in [0.29, 0.717) is 0 Å². The molecule has 0 atom stereocenters. The van der Waals surface area contributed by atoms with Crippen LogP contribution in [-0.2, 0) is 0 Å². The van der Waals surface area contributed by atoms with Crippen LogP contribution in [0.15, 0.2) is 49.3 Å². The van der Waals surface area contributed by atoms with Gasteiger partial charge in [-0.1, -0.05) is 45.5 Å². The summed E-state index contributed by atoms with van der Waals surface area (Å²) in [6.07, 6.45) is 8.62. The highest BCUT2D eigenvalue weighted by atomic mass is 15.2. The van der Waals surface area contributed by atoms with Gasteiger partial charge in [0, 0.05) is 42.1 Å². The second-order valence-electron chi connectivity index (χ2n) is 9.05. The summed E-state index contributed by atoms with van der Waals surface area (Å²) in [5, 5.41) is 1.22. The van der Waals surface area contributed by atoms with Crippen molar-refractivity contribution >= 4 is 22.5 Å². The van der Waals surface area contributed by atoms with E-state index in [1.165, 1.54) is 30.2 Å². The lowest BCUT2D eigenvalue weighted by molar-refractivity contribution is 0.422. The van der Waals surface area contributed by atoms with Crippen molar-refractivity contribution in [2.75, 3.05) is 18.0 Å². The molecule has 0 aliphatic carbocycles. The van der Waals surface area contributed by atoms with E-state index >= 15 is 0 Å². The molecule has 3 heterocycles. The smallest absolute Gasteiger partial charge is 0.225 e. The van der Waals surface area contributed by atoms with E-state index in [4.69, 9.17) is 9.97 Å². The number of nitrogens with zero attached hydrogens (tertiary/aromatic N) is 4. The summed E-state index contributed by atoms with van der Waals surface area (Å²) < 4.78 is 2.28. The largest absolute Gasteiger partial charge is 0.341 e. The summed E-state index contributed by atoms with van der Waals surface area (Å²) >= 11 is 0. The highest BCUT2D eigenvalue weighted by Crippen LogP contribution is 2.35. The first-order chi connectivity index (χ1) is 13.4. The summed E-state index contributed by atoms with van der Waals surface area (Å²) in [4.78, 5) is 11.7. The summed E-state index contributed by atoms with van der Waals surface area (Å²) in [5.74, 6) is 0.847. The number of piperidine rings is 1. The number of allylic oxidation sites excluding steroid dienone is 1. The SMILES string of the molecule is C=C(CC(C)(C)C)n1c(-c2cnc(N3CCCCC3)nc2)cc2ccccc21. The Bertz CT molecular complexity index is 970. The van der Waals surface area contributed by atoms with E-state index in [1.807, 2.05) is 12.4 Å². The molecule has 0 saturated carbocycles. The first-order valence-electron chi connectivity index (χ1n) is 10.3. The molecule has 1 aliphatic heterocycles. The van der Waals surface area contributed by atoms with Crippen LogP contribution in [0, 0.1) is 5.41 Å². The minimum atomic E-state index is 0.175. The van der Waals surface area contributed by atoms with Crippen molar-refractivity contribution in [1.29, 1.82) is 0 Å². The van der Waals surface area contributed by atoms with Gasteiger partial charge in [0.1, 0.15) is 0 Å². The van der Waals surface area contributed by atoms with E-state index in [1.54, 1.807) is 0 Å². The lowest BCUT2D eigenvalue weighted by Crippen LogP contribution is -2.30. The van der Waals surface area contributed by atoms with Gasteiger partial charge in [0.25, 0.3) is 0 Å². The van der Waals surface area contributed by atoms with Gasteiger partial charge >= 0.3 is 0 Å². The predicted octanol–water partition coefficient (Wildman–Crippen LogP) is 6.00. The maximum Gasteiger partial charge on any atom is 0.225 e. The molecular weight excluding hydrogens is 344 g/mol. The van der Waals surface area contributed by atoms with Gasteiger partial charge in [0.05, 0.1) is 11.2 Å². The van der Waals surface area contributed by atoms with E-state index in [2.05, 4.69) is 67.1 Å². The van der Waals surface area contributed by atoms with Crippen LogP contribution >= 0.6 is 0 Å². The van der Waals surface area contributed by atoms with E-state index in [0.717, 1.165) is 42.4 Å². The molecule has 28 heavy (non-hydrogen) atoms. The fourth-order valence-electron chi connectivity index (χ4n) is 4.11. The van der Waals surface area contributed by atoms with Crippen LogP contribution in [0.2, 0.25) is 0 Å². The topological polar surface area (TPSA) is 34.0 Å². The quantitative estimate of drug-likeness (QED) is 0.562. The second-order valence-corrected chi connectivity index (χ2v) is 9.05. The third kappa shape index (κ3) is 3.82. The second kappa shape index (κ2) is 7.42. The molecule has 1 saturated heterocycles. The van der Waals surface area contributed by atoms with Crippen LogP contribution in [-0.4, -0.2) is 27.6 Å². The minimum Gasteiger partial charge on any atom is -0.341 e. The van der Waals surface area contributed by atoms with Gasteiger partial charge in [-0.15, -0.1) is 0 Å². The van der Waals surface area contributed by atoms with Crippen molar-refractivity contribution in [3.63, 3.8) is 0 Å². The van der Waals surface area contributed by atoms with Crippen LogP contribution in [0.3, 0.4) is 0 Å². The molecule has 0 amide bonds. The molecule has 1 aromatic carbocycles. The van der Waals surface area contributed by atoms with Gasteiger partial charge in [-0.2, -0.15) is 0 Å². The van der Waals surface area contributed by atoms with Gasteiger partial charge in [0.2, 0.25) is 5.95 Å². The highest BCUT2D eigenvalue weighted by Gasteiger charge is 2.19. The van der Waals surface area contributed by atoms with Crippen LogP contribution in [0.4, 0.5) is 5.95 Å². The molecule has 0 bridgehead atoms. The average Bonchev–Trinajstić information content (AvgIpc) is 3.07. The van der Waals surface area contributed by atoms with Crippen LogP contribution in [0.5, 0.6) is 0 Å². The number of aromatic nitrogens is 3. The van der Waals surface area contributed by atoms with Gasteiger partial charge < -0.3 is 9.47 Å². The van der Waals surface area contributed by atoms with Gasteiger partial charge in [-0.25, -0.2) is 9.97 Å². The molecule has 4 heteroatoms. The Morgan fingerprint density at radius 2 is 1.71 bits per heavy atom. The lowest BCUT2D eigenvalue weighted by atomic mass is 9.90. The fourth-order valence-corrected chi connectivity index (χ4v) is 4.11. The Hall–Kier alpha value is -2.62. The molecule has 2 aromatic heterocycles. The molecule has 0 radical (unpaired) electrons. The Morgan fingerprint density at radius 3 is 2.39 bits per heavy atom. The zero-order valence-corrected chi connectivity index (χ0v) is 17.3. The van der Waals surface area contributed by atoms with E-state index in [-0.39, 0.29) is 5.41 Å². The number of para-hydroxylation sites is 1. The highest BCUT2D eigenvalue weighted by molar-refractivity contribution is 5.90. The van der Waals surface area contributed by atoms with Gasteiger partial charge in [0.15, 0.2) is 0 Å². The molecule has 4 rings (SSSR count). The number of anilines is 1. The summed E-state index contributed by atoms with van der Waals surface area (Å²) in [7, 11) is 0. The normalized spacial score (nSPS) is 15.2. The van der Waals surface area contributed by atoms with Crippen molar-refractivity contribution < 1.29 is 0 Å². The maximum absolute atomic E-state index is 4.70. The zero-order valence-electron chi connectivity index (χ0n) is 17.3. The first kappa shape index (κ1) is 18.7. The average molecular weight is 375 g/mol. The molecule has 1 fully saturated rings. The minimum absolute atomic E-state index is 0.175. The number of hydrogen-bond donors (Lipinski definition) is 0. The van der Waals surface area contributed by atoms with Crippen molar-refractivity contribution in [2.24, 2.45) is 5.41 Å².